The molecule has 24 heavy (non-hydrogen) atoms. The van der Waals surface area contributed by atoms with E-state index in [9.17, 15) is 4.79 Å². The Hall–Kier alpha value is -3.13. The second-order valence-electron chi connectivity index (χ2n) is 5.53. The molecule has 0 unspecified atom stereocenters. The Labute approximate surface area is 140 Å². The van der Waals surface area contributed by atoms with E-state index in [1.807, 2.05) is 36.4 Å². The van der Waals surface area contributed by atoms with E-state index in [2.05, 4.69) is 20.4 Å². The van der Waals surface area contributed by atoms with Crippen LogP contribution in [-0.2, 0) is 0 Å². The second kappa shape index (κ2) is 4.68. The maximum atomic E-state index is 12.9. The Bertz CT molecular complexity index is 1180. The lowest BCUT2D eigenvalue weighted by atomic mass is 10.0. The van der Waals surface area contributed by atoms with E-state index < -0.39 is 0 Å². The van der Waals surface area contributed by atoms with Gasteiger partial charge in [-0.15, -0.1) is 0 Å². The molecule has 7 nitrogen and oxygen atoms in total. The molecule has 1 aromatic carbocycles. The molecule has 0 saturated heterocycles. The summed E-state index contributed by atoms with van der Waals surface area (Å²) in [4.78, 5) is 21.2. The Morgan fingerprint density at radius 2 is 2.00 bits per heavy atom. The zero-order valence-electron chi connectivity index (χ0n) is 12.2. The third-order valence-electron chi connectivity index (χ3n) is 4.22. The highest BCUT2D eigenvalue weighted by molar-refractivity contribution is 7.80. The molecule has 1 atom stereocenters. The van der Waals surface area contributed by atoms with Crippen molar-refractivity contribution in [3.8, 4) is 0 Å². The van der Waals surface area contributed by atoms with Gasteiger partial charge in [-0.05, 0) is 23.8 Å². The molecule has 0 fully saturated rings. The van der Waals surface area contributed by atoms with Gasteiger partial charge in [-0.2, -0.15) is 14.6 Å². The number of aromatic nitrogens is 5. The van der Waals surface area contributed by atoms with Crippen molar-refractivity contribution in [2.24, 2.45) is 0 Å². The summed E-state index contributed by atoms with van der Waals surface area (Å²) in [5, 5.41) is 8.24. The molecule has 0 aliphatic carbocycles. The van der Waals surface area contributed by atoms with Crippen molar-refractivity contribution >= 4 is 34.0 Å². The van der Waals surface area contributed by atoms with Gasteiger partial charge in [0.15, 0.2) is 5.11 Å². The van der Waals surface area contributed by atoms with Gasteiger partial charge in [0, 0.05) is 6.20 Å². The molecule has 1 aliphatic heterocycles. The Balaban J connectivity index is 1.88. The highest BCUT2D eigenvalue weighted by Crippen LogP contribution is 2.27. The Morgan fingerprint density at radius 3 is 2.83 bits per heavy atom. The number of rotatable bonds is 1. The zero-order valence-corrected chi connectivity index (χ0v) is 13.1. The van der Waals surface area contributed by atoms with E-state index in [0.717, 1.165) is 11.3 Å². The van der Waals surface area contributed by atoms with Crippen LogP contribution in [0.25, 0.3) is 16.7 Å². The molecule has 1 N–H and O–H groups in total. The molecular formula is C16H10N6OS. The van der Waals surface area contributed by atoms with Crippen molar-refractivity contribution < 1.29 is 0 Å². The van der Waals surface area contributed by atoms with Gasteiger partial charge in [-0.1, -0.05) is 30.3 Å². The van der Waals surface area contributed by atoms with E-state index >= 15 is 0 Å². The number of nitrogens with zero attached hydrogens (tertiary/aromatic N) is 5. The SMILES string of the molecule is O=c1c2cnc3ncnn3c2cc2n1C(=S)N[C@@H]2c1ccccc1. The van der Waals surface area contributed by atoms with Crippen LogP contribution < -0.4 is 10.9 Å². The fourth-order valence-electron chi connectivity index (χ4n) is 3.13. The van der Waals surface area contributed by atoms with Crippen LogP contribution in [0.2, 0.25) is 0 Å². The number of hydrogen-bond donors (Lipinski definition) is 1. The first-order valence-corrected chi connectivity index (χ1v) is 7.75. The fourth-order valence-corrected chi connectivity index (χ4v) is 3.43. The molecular weight excluding hydrogens is 324 g/mol. The second-order valence-corrected chi connectivity index (χ2v) is 5.92. The highest BCUT2D eigenvalue weighted by Gasteiger charge is 2.29. The molecule has 0 bridgehead atoms. The summed E-state index contributed by atoms with van der Waals surface area (Å²) in [6.07, 6.45) is 2.94. The van der Waals surface area contributed by atoms with Gasteiger partial charge in [0.2, 0.25) is 0 Å². The molecule has 3 aromatic heterocycles. The molecule has 0 amide bonds. The number of pyridine rings is 1. The Kier molecular flexibility index (Phi) is 2.60. The molecule has 5 rings (SSSR count). The highest BCUT2D eigenvalue weighted by atomic mass is 32.1. The van der Waals surface area contributed by atoms with Gasteiger partial charge < -0.3 is 5.32 Å². The van der Waals surface area contributed by atoms with Crippen LogP contribution in [0.1, 0.15) is 17.3 Å². The van der Waals surface area contributed by atoms with Gasteiger partial charge in [-0.3, -0.25) is 9.36 Å². The van der Waals surface area contributed by atoms with Gasteiger partial charge in [0.25, 0.3) is 11.3 Å². The molecule has 116 valence electrons. The number of hydrogen-bond acceptors (Lipinski definition) is 5. The lowest BCUT2D eigenvalue weighted by Crippen LogP contribution is -2.28. The number of thiocarbonyl (C=S) groups is 1. The van der Waals surface area contributed by atoms with Crippen LogP contribution in [0.3, 0.4) is 0 Å². The van der Waals surface area contributed by atoms with E-state index in [-0.39, 0.29) is 11.6 Å². The number of nitrogens with one attached hydrogen (secondary N) is 1. The average molecular weight is 334 g/mol. The molecule has 1 aliphatic rings. The summed E-state index contributed by atoms with van der Waals surface area (Å²) in [7, 11) is 0. The minimum absolute atomic E-state index is 0.178. The van der Waals surface area contributed by atoms with Crippen molar-refractivity contribution in [2.75, 3.05) is 0 Å². The third-order valence-corrected chi connectivity index (χ3v) is 4.52. The molecule has 4 heterocycles. The van der Waals surface area contributed by atoms with Crippen molar-refractivity contribution in [2.45, 2.75) is 6.04 Å². The summed E-state index contributed by atoms with van der Waals surface area (Å²) >= 11 is 5.38. The Morgan fingerprint density at radius 1 is 1.17 bits per heavy atom. The van der Waals surface area contributed by atoms with Gasteiger partial charge in [-0.25, -0.2) is 4.98 Å². The fraction of sp³-hybridized carbons (Fsp3) is 0.0625. The van der Waals surface area contributed by atoms with E-state index in [1.165, 1.54) is 17.1 Å². The van der Waals surface area contributed by atoms with Crippen molar-refractivity contribution in [1.82, 2.24) is 29.5 Å². The predicted molar refractivity (Wildman–Crippen MR) is 92.0 cm³/mol. The first kappa shape index (κ1) is 13.3. The molecule has 0 spiro atoms. The molecule has 0 saturated carbocycles. The molecule has 0 radical (unpaired) electrons. The van der Waals surface area contributed by atoms with Crippen LogP contribution in [0, 0.1) is 0 Å². The largest absolute Gasteiger partial charge is 0.349 e. The lowest BCUT2D eigenvalue weighted by molar-refractivity contribution is 0.790. The molecule has 4 aromatic rings. The standard InChI is InChI=1S/C16H10N6OS/c23-14-10-7-17-15-18-8-19-22(15)11(10)6-12-13(20-16(24)21(12)14)9-4-2-1-3-5-9/h1-8,13H,(H,20,24)/t13-/m1/s1. The van der Waals surface area contributed by atoms with E-state index in [0.29, 0.717) is 21.8 Å². The lowest BCUT2D eigenvalue weighted by Gasteiger charge is -2.12. The van der Waals surface area contributed by atoms with Gasteiger partial charge in [0.1, 0.15) is 6.33 Å². The van der Waals surface area contributed by atoms with Crippen LogP contribution in [0.15, 0.2) is 53.7 Å². The minimum atomic E-state index is -0.205. The number of benzene rings is 1. The van der Waals surface area contributed by atoms with E-state index in [1.54, 1.807) is 4.52 Å². The summed E-state index contributed by atoms with van der Waals surface area (Å²) in [6, 6.07) is 11.6. The van der Waals surface area contributed by atoms with Crippen LogP contribution in [0.4, 0.5) is 0 Å². The predicted octanol–water partition coefficient (Wildman–Crippen LogP) is 1.26. The third kappa shape index (κ3) is 1.68. The van der Waals surface area contributed by atoms with Crippen LogP contribution >= 0.6 is 12.2 Å². The maximum absolute atomic E-state index is 12.9. The normalized spacial score (nSPS) is 16.5. The minimum Gasteiger partial charge on any atom is -0.349 e. The summed E-state index contributed by atoms with van der Waals surface area (Å²) in [6.45, 7) is 0. The van der Waals surface area contributed by atoms with Crippen molar-refractivity contribution in [3.63, 3.8) is 0 Å². The van der Waals surface area contributed by atoms with Crippen molar-refractivity contribution in [3.05, 3.63) is 70.5 Å². The van der Waals surface area contributed by atoms with Crippen LogP contribution in [-0.4, -0.2) is 29.3 Å². The van der Waals surface area contributed by atoms with Crippen LogP contribution in [0.5, 0.6) is 0 Å². The quantitative estimate of drug-likeness (QED) is 0.528. The summed E-state index contributed by atoms with van der Waals surface area (Å²) in [5.41, 5.74) is 2.28. The summed E-state index contributed by atoms with van der Waals surface area (Å²) in [5.74, 6) is 0.455. The average Bonchev–Trinajstić information content (AvgIpc) is 3.21. The molecule has 8 heteroatoms. The first-order chi connectivity index (χ1) is 11.7. The number of fused-ring (bicyclic) bond motifs is 4. The van der Waals surface area contributed by atoms with E-state index in [4.69, 9.17) is 12.2 Å². The first-order valence-electron chi connectivity index (χ1n) is 7.34. The maximum Gasteiger partial charge on any atom is 0.268 e. The topological polar surface area (TPSA) is 77.1 Å². The monoisotopic (exact) mass is 334 g/mol. The van der Waals surface area contributed by atoms with Crippen molar-refractivity contribution in [1.29, 1.82) is 0 Å². The summed E-state index contributed by atoms with van der Waals surface area (Å²) < 4.78 is 3.10. The smallest absolute Gasteiger partial charge is 0.268 e. The zero-order chi connectivity index (χ0) is 16.3. The van der Waals surface area contributed by atoms with Gasteiger partial charge in [0.05, 0.1) is 22.6 Å². The van der Waals surface area contributed by atoms with Gasteiger partial charge >= 0.3 is 0 Å².